The van der Waals surface area contributed by atoms with Gasteiger partial charge in [0.2, 0.25) is 5.95 Å². The molecule has 0 amide bonds. The highest BCUT2D eigenvalue weighted by Gasteiger charge is 2.41. The van der Waals surface area contributed by atoms with Gasteiger partial charge in [0, 0.05) is 49.7 Å². The van der Waals surface area contributed by atoms with Crippen LogP contribution in [0.5, 0.6) is 0 Å². The van der Waals surface area contributed by atoms with Crippen molar-refractivity contribution in [3.8, 4) is 0 Å². The van der Waals surface area contributed by atoms with Crippen molar-refractivity contribution >= 4 is 5.95 Å². The van der Waals surface area contributed by atoms with Gasteiger partial charge in [0.1, 0.15) is 0 Å². The molecule has 0 aromatic carbocycles. The molecule has 0 N–H and O–H groups in total. The second-order valence-electron chi connectivity index (χ2n) is 11.8. The zero-order valence-corrected chi connectivity index (χ0v) is 20.9. The number of hydrogen-bond acceptors (Lipinski definition) is 5. The minimum atomic E-state index is 0.594. The minimum Gasteiger partial charge on any atom is -0.332 e. The van der Waals surface area contributed by atoms with Gasteiger partial charge in [-0.25, -0.2) is 9.97 Å². The van der Waals surface area contributed by atoms with E-state index in [0.717, 1.165) is 36.9 Å². The van der Waals surface area contributed by atoms with Crippen LogP contribution in [0.1, 0.15) is 90.5 Å². The second-order valence-corrected chi connectivity index (χ2v) is 11.8. The van der Waals surface area contributed by atoms with E-state index in [2.05, 4.69) is 54.8 Å². The molecule has 3 aliphatic heterocycles. The minimum absolute atomic E-state index is 0.594. The molecule has 1 aromatic rings. The lowest BCUT2D eigenvalue weighted by Gasteiger charge is -2.43. The maximum atomic E-state index is 4.90. The Morgan fingerprint density at radius 3 is 1.84 bits per heavy atom. The van der Waals surface area contributed by atoms with E-state index in [1.54, 1.807) is 0 Å². The van der Waals surface area contributed by atoms with Crippen molar-refractivity contribution in [2.75, 3.05) is 31.1 Å². The summed E-state index contributed by atoms with van der Waals surface area (Å²) >= 11 is 0. The van der Waals surface area contributed by atoms with Crippen LogP contribution in [0, 0.1) is 11.8 Å². The van der Waals surface area contributed by atoms with Gasteiger partial charge in [0.25, 0.3) is 0 Å². The summed E-state index contributed by atoms with van der Waals surface area (Å²) in [5.41, 5.74) is 1.37. The van der Waals surface area contributed by atoms with E-state index in [1.165, 1.54) is 70.0 Å². The first-order valence-electron chi connectivity index (χ1n) is 13.6. The molecule has 32 heavy (non-hydrogen) atoms. The average Bonchev–Trinajstić information content (AvgIpc) is 3.08. The smallest absolute Gasteiger partial charge is 0.225 e. The lowest BCUT2D eigenvalue weighted by atomic mass is 9.78. The third-order valence-corrected chi connectivity index (χ3v) is 9.33. The number of likely N-dealkylation sites (tertiary alicyclic amines) is 2. The van der Waals surface area contributed by atoms with E-state index in [9.17, 15) is 0 Å². The van der Waals surface area contributed by atoms with Crippen LogP contribution < -0.4 is 4.90 Å². The molecule has 0 radical (unpaired) electrons. The molecule has 2 atom stereocenters. The molecule has 3 saturated heterocycles. The largest absolute Gasteiger partial charge is 0.332 e. The summed E-state index contributed by atoms with van der Waals surface area (Å²) < 4.78 is 0. The van der Waals surface area contributed by atoms with Crippen LogP contribution in [0.15, 0.2) is 12.4 Å². The molecule has 1 aliphatic carbocycles. The SMILES string of the molecule is CC(C)N1CC2CCC(C1)N2c1ncc(C2CCN([C@H]3CC[C@@H](C(C)C)CC3)CC2)cn1. The number of piperidine rings is 1. The summed E-state index contributed by atoms with van der Waals surface area (Å²) in [7, 11) is 0. The van der Waals surface area contributed by atoms with Crippen LogP contribution in [0.2, 0.25) is 0 Å². The predicted molar refractivity (Wildman–Crippen MR) is 132 cm³/mol. The van der Waals surface area contributed by atoms with E-state index in [4.69, 9.17) is 9.97 Å². The van der Waals surface area contributed by atoms with Gasteiger partial charge in [-0.1, -0.05) is 13.8 Å². The van der Waals surface area contributed by atoms with Crippen LogP contribution in [0.3, 0.4) is 0 Å². The Morgan fingerprint density at radius 1 is 0.750 bits per heavy atom. The summed E-state index contributed by atoms with van der Waals surface area (Å²) in [6.07, 6.45) is 15.1. The molecule has 2 bridgehead atoms. The standard InChI is InChI=1S/C27H45N5/c1-19(2)21-5-7-24(8-6-21)30-13-11-22(12-14-30)23-15-28-27(29-16-23)32-25-9-10-26(32)18-31(17-25)20(3)4/h15-16,19-22,24-26H,5-14,17-18H2,1-4H3/t21-,24+,25?,26?. The van der Waals surface area contributed by atoms with Gasteiger partial charge in [-0.3, -0.25) is 4.90 Å². The van der Waals surface area contributed by atoms with Crippen molar-refractivity contribution < 1.29 is 0 Å². The monoisotopic (exact) mass is 439 g/mol. The first kappa shape index (κ1) is 22.6. The Bertz CT molecular complexity index is 717. The average molecular weight is 440 g/mol. The number of nitrogens with zero attached hydrogens (tertiary/aromatic N) is 5. The maximum absolute atomic E-state index is 4.90. The topological polar surface area (TPSA) is 35.5 Å². The Kier molecular flexibility index (Phi) is 6.76. The molecule has 5 nitrogen and oxygen atoms in total. The molecule has 5 rings (SSSR count). The quantitative estimate of drug-likeness (QED) is 0.650. The summed E-state index contributed by atoms with van der Waals surface area (Å²) in [5, 5.41) is 0. The molecule has 0 spiro atoms. The van der Waals surface area contributed by atoms with E-state index >= 15 is 0 Å². The van der Waals surface area contributed by atoms with Gasteiger partial charge in [0.15, 0.2) is 0 Å². The third kappa shape index (κ3) is 4.57. The van der Waals surface area contributed by atoms with Crippen molar-refractivity contribution in [1.82, 2.24) is 19.8 Å². The van der Waals surface area contributed by atoms with Crippen molar-refractivity contribution in [3.05, 3.63) is 18.0 Å². The molecule has 178 valence electrons. The van der Waals surface area contributed by atoms with E-state index in [-0.39, 0.29) is 0 Å². The summed E-state index contributed by atoms with van der Waals surface area (Å²) in [6.45, 7) is 14.3. The number of piperazine rings is 1. The van der Waals surface area contributed by atoms with Crippen LogP contribution >= 0.6 is 0 Å². The fourth-order valence-electron chi connectivity index (χ4n) is 7.09. The Morgan fingerprint density at radius 2 is 1.31 bits per heavy atom. The summed E-state index contributed by atoms with van der Waals surface area (Å²) in [5.74, 6) is 3.44. The lowest BCUT2D eigenvalue weighted by molar-refractivity contribution is 0.0981. The van der Waals surface area contributed by atoms with Gasteiger partial charge in [-0.05, 0) is 102 Å². The molecule has 4 fully saturated rings. The molecule has 1 aromatic heterocycles. The van der Waals surface area contributed by atoms with Gasteiger partial charge in [-0.15, -0.1) is 0 Å². The first-order valence-corrected chi connectivity index (χ1v) is 13.6. The Balaban J connectivity index is 1.14. The number of rotatable bonds is 5. The Labute approximate surface area is 196 Å². The van der Waals surface area contributed by atoms with Crippen molar-refractivity contribution in [3.63, 3.8) is 0 Å². The van der Waals surface area contributed by atoms with Crippen molar-refractivity contribution in [2.24, 2.45) is 11.8 Å². The highest BCUT2D eigenvalue weighted by molar-refractivity contribution is 5.38. The zero-order valence-electron chi connectivity index (χ0n) is 20.9. The fraction of sp³-hybridized carbons (Fsp3) is 0.852. The summed E-state index contributed by atoms with van der Waals surface area (Å²) in [6, 6.07) is 2.66. The fourth-order valence-corrected chi connectivity index (χ4v) is 7.09. The number of aromatic nitrogens is 2. The van der Waals surface area contributed by atoms with Gasteiger partial charge in [0.05, 0.1) is 0 Å². The zero-order chi connectivity index (χ0) is 22.2. The van der Waals surface area contributed by atoms with E-state index in [0.29, 0.717) is 24.0 Å². The molecular formula is C27H45N5. The van der Waals surface area contributed by atoms with E-state index in [1.807, 2.05) is 0 Å². The van der Waals surface area contributed by atoms with Gasteiger partial charge in [-0.2, -0.15) is 0 Å². The maximum Gasteiger partial charge on any atom is 0.225 e. The van der Waals surface area contributed by atoms with Crippen molar-refractivity contribution in [1.29, 1.82) is 0 Å². The van der Waals surface area contributed by atoms with Crippen LogP contribution in [0.25, 0.3) is 0 Å². The van der Waals surface area contributed by atoms with Crippen LogP contribution in [0.4, 0.5) is 5.95 Å². The van der Waals surface area contributed by atoms with E-state index < -0.39 is 0 Å². The van der Waals surface area contributed by atoms with Crippen molar-refractivity contribution in [2.45, 2.75) is 109 Å². The van der Waals surface area contributed by atoms with Gasteiger partial charge < -0.3 is 9.80 Å². The third-order valence-electron chi connectivity index (χ3n) is 9.33. The number of anilines is 1. The summed E-state index contributed by atoms with van der Waals surface area (Å²) in [4.78, 5) is 17.8. The highest BCUT2D eigenvalue weighted by Crippen LogP contribution is 2.37. The van der Waals surface area contributed by atoms with Gasteiger partial charge >= 0.3 is 0 Å². The lowest BCUT2D eigenvalue weighted by Crippen LogP contribution is -2.56. The van der Waals surface area contributed by atoms with Crippen LogP contribution in [-0.4, -0.2) is 70.1 Å². The number of hydrogen-bond donors (Lipinski definition) is 0. The molecule has 4 aliphatic rings. The normalized spacial score (nSPS) is 32.9. The molecule has 1 saturated carbocycles. The predicted octanol–water partition coefficient (Wildman–Crippen LogP) is 4.93. The Hall–Kier alpha value is -1.20. The number of fused-ring (bicyclic) bond motifs is 2. The first-order chi connectivity index (χ1) is 15.5. The molecule has 2 unspecified atom stereocenters. The molecule has 4 heterocycles. The molecule has 5 heteroatoms. The highest BCUT2D eigenvalue weighted by atomic mass is 15.4. The second kappa shape index (κ2) is 9.58. The van der Waals surface area contributed by atoms with Crippen LogP contribution in [-0.2, 0) is 0 Å². The molecular weight excluding hydrogens is 394 g/mol.